The molecule has 1 aromatic heterocycles. The van der Waals surface area contributed by atoms with Crippen LogP contribution < -0.4 is 19.5 Å². The van der Waals surface area contributed by atoms with Gasteiger partial charge in [-0.25, -0.2) is 14.2 Å². The molecule has 0 aliphatic heterocycles. The molecule has 1 amide bonds. The van der Waals surface area contributed by atoms with Gasteiger partial charge >= 0.3 is 5.97 Å². The predicted octanol–water partition coefficient (Wildman–Crippen LogP) is 8.14. The molecule has 48 heavy (non-hydrogen) atoms. The summed E-state index contributed by atoms with van der Waals surface area (Å²) >= 11 is 5.69. The molecule has 0 radical (unpaired) electrons. The normalized spacial score (nSPS) is 16.0. The second-order valence-electron chi connectivity index (χ2n) is 12.3. The summed E-state index contributed by atoms with van der Waals surface area (Å²) in [6.07, 6.45) is 11.0. The van der Waals surface area contributed by atoms with Crippen LogP contribution in [-0.2, 0) is 16.2 Å². The highest BCUT2D eigenvalue weighted by Crippen LogP contribution is 2.37. The molecule has 6 rings (SSSR count). The number of carboxylic acids is 1. The Morgan fingerprint density at radius 1 is 0.917 bits per heavy atom. The minimum atomic E-state index is -1.02. The first kappa shape index (κ1) is 35.0. The van der Waals surface area contributed by atoms with Crippen LogP contribution in [0.2, 0.25) is 5.02 Å². The van der Waals surface area contributed by atoms with Gasteiger partial charge in [0.05, 0.1) is 23.2 Å². The largest absolute Gasteiger partial charge is 0.493 e. The first-order valence-corrected chi connectivity index (χ1v) is 17.0. The van der Waals surface area contributed by atoms with E-state index in [0.29, 0.717) is 33.6 Å². The summed E-state index contributed by atoms with van der Waals surface area (Å²) in [4.78, 5) is 28.8. The molecule has 2 aliphatic carbocycles. The maximum Gasteiger partial charge on any atom is 0.341 e. The van der Waals surface area contributed by atoms with Crippen LogP contribution in [0.4, 0.5) is 4.39 Å². The lowest BCUT2D eigenvalue weighted by Gasteiger charge is -2.33. The highest BCUT2D eigenvalue weighted by Gasteiger charge is 2.35. The molecule has 1 unspecified atom stereocenters. The van der Waals surface area contributed by atoms with Gasteiger partial charge in [0.2, 0.25) is 5.91 Å². The molecule has 2 N–H and O–H groups in total. The van der Waals surface area contributed by atoms with Crippen LogP contribution in [0.5, 0.6) is 17.2 Å². The summed E-state index contributed by atoms with van der Waals surface area (Å²) in [5, 5.41) is 12.1. The van der Waals surface area contributed by atoms with Crippen LogP contribution in [-0.4, -0.2) is 46.3 Å². The lowest BCUT2D eigenvalue weighted by atomic mass is 9.83. The number of ether oxygens (including phenoxy) is 3. The van der Waals surface area contributed by atoms with Gasteiger partial charge in [0.15, 0.2) is 18.1 Å². The molecule has 0 bridgehead atoms. The summed E-state index contributed by atoms with van der Waals surface area (Å²) in [6.45, 7) is -0.222. The number of carbonyl (C=O) groups excluding carboxylic acids is 1. The number of imidazole rings is 1. The number of aliphatic carboxylic acids is 1. The molecule has 256 valence electrons. The van der Waals surface area contributed by atoms with Crippen LogP contribution in [0.1, 0.15) is 76.1 Å². The SMILES string of the molecule is COc1ccccc1OCc1nc2cc(F)ccc2n1C(C(=O)NC1CCCCC1)C1CCCCC1.O=C(O)COc1ccccc1Cl. The van der Waals surface area contributed by atoms with Gasteiger partial charge in [0.25, 0.3) is 0 Å². The molecule has 0 spiro atoms. The molecule has 3 aromatic carbocycles. The van der Waals surface area contributed by atoms with Crippen molar-refractivity contribution in [2.24, 2.45) is 5.92 Å². The van der Waals surface area contributed by atoms with E-state index < -0.39 is 12.0 Å². The maximum atomic E-state index is 14.2. The van der Waals surface area contributed by atoms with Crippen molar-refractivity contribution in [1.29, 1.82) is 0 Å². The van der Waals surface area contributed by atoms with E-state index in [-0.39, 0.29) is 36.9 Å². The zero-order valence-electron chi connectivity index (χ0n) is 27.2. The minimum Gasteiger partial charge on any atom is -0.493 e. The molecule has 4 aromatic rings. The van der Waals surface area contributed by atoms with E-state index in [1.165, 1.54) is 25.0 Å². The third-order valence-electron chi connectivity index (χ3n) is 8.93. The first-order chi connectivity index (χ1) is 23.3. The van der Waals surface area contributed by atoms with Gasteiger partial charge in [-0.2, -0.15) is 0 Å². The molecule has 0 saturated heterocycles. The van der Waals surface area contributed by atoms with Crippen molar-refractivity contribution in [2.75, 3.05) is 13.7 Å². The minimum absolute atomic E-state index is 0.0518. The van der Waals surface area contributed by atoms with Crippen LogP contribution in [0.3, 0.4) is 0 Å². The Bertz CT molecular complexity index is 1670. The van der Waals surface area contributed by atoms with Crippen molar-refractivity contribution >= 4 is 34.5 Å². The van der Waals surface area contributed by atoms with E-state index in [1.54, 1.807) is 37.4 Å². The Morgan fingerprint density at radius 3 is 2.23 bits per heavy atom. The number of carboxylic acid groups (broad SMARTS) is 1. The fourth-order valence-electron chi connectivity index (χ4n) is 6.64. The second-order valence-corrected chi connectivity index (χ2v) is 12.7. The van der Waals surface area contributed by atoms with Crippen LogP contribution in [0.25, 0.3) is 11.0 Å². The number of rotatable bonds is 11. The molecule has 2 saturated carbocycles. The molecule has 1 atom stereocenters. The number of fused-ring (bicyclic) bond motifs is 1. The average Bonchev–Trinajstić information content (AvgIpc) is 3.45. The Hall–Kier alpha value is -4.31. The molecule has 1 heterocycles. The summed E-state index contributed by atoms with van der Waals surface area (Å²) < 4.78 is 32.7. The lowest BCUT2D eigenvalue weighted by Crippen LogP contribution is -2.43. The third-order valence-corrected chi connectivity index (χ3v) is 9.25. The number of nitrogens with zero attached hydrogens (tertiary/aromatic N) is 2. The van der Waals surface area contributed by atoms with Crippen molar-refractivity contribution in [3.05, 3.63) is 83.4 Å². The smallest absolute Gasteiger partial charge is 0.341 e. The van der Waals surface area contributed by atoms with Gasteiger partial charge < -0.3 is 29.2 Å². The maximum absolute atomic E-state index is 14.2. The van der Waals surface area contributed by atoms with E-state index in [9.17, 15) is 14.0 Å². The van der Waals surface area contributed by atoms with Crippen molar-refractivity contribution < 1.29 is 33.3 Å². The Kier molecular flexibility index (Phi) is 12.5. The van der Waals surface area contributed by atoms with E-state index >= 15 is 0 Å². The van der Waals surface area contributed by atoms with Gasteiger partial charge in [-0.3, -0.25) is 4.79 Å². The van der Waals surface area contributed by atoms with Crippen molar-refractivity contribution in [1.82, 2.24) is 14.9 Å². The van der Waals surface area contributed by atoms with E-state index in [2.05, 4.69) is 5.32 Å². The fourth-order valence-corrected chi connectivity index (χ4v) is 6.83. The number of hydrogen-bond acceptors (Lipinski definition) is 6. The van der Waals surface area contributed by atoms with Crippen molar-refractivity contribution in [3.8, 4) is 17.2 Å². The second kappa shape index (κ2) is 17.2. The number of carbonyl (C=O) groups is 2. The zero-order chi connectivity index (χ0) is 33.9. The standard InChI is InChI=1S/C29H36FN3O3.C8H7ClO3/c1-35-25-14-8-9-15-26(25)36-19-27-32-23-18-21(30)16-17-24(23)33(27)28(20-10-4-2-5-11-20)29(34)31-22-12-6-3-7-13-22;9-6-3-1-2-4-7(6)12-5-8(10)11/h8-9,14-18,20,22,28H,2-7,10-13,19H2,1H3,(H,31,34);1-4H,5H2,(H,10,11). The molecular formula is C37H43ClFN3O6. The highest BCUT2D eigenvalue weighted by molar-refractivity contribution is 6.32. The highest BCUT2D eigenvalue weighted by atomic mass is 35.5. The Morgan fingerprint density at radius 2 is 1.56 bits per heavy atom. The number of methoxy groups -OCH3 is 1. The molecule has 2 fully saturated rings. The number of nitrogens with one attached hydrogen (secondary N) is 1. The van der Waals surface area contributed by atoms with Crippen molar-refractivity contribution in [3.63, 3.8) is 0 Å². The number of amides is 1. The zero-order valence-corrected chi connectivity index (χ0v) is 28.0. The fraction of sp³-hybridized carbons (Fsp3) is 0.432. The predicted molar refractivity (Wildman–Crippen MR) is 182 cm³/mol. The molecule has 11 heteroatoms. The first-order valence-electron chi connectivity index (χ1n) is 16.7. The Balaban J connectivity index is 0.000000318. The third kappa shape index (κ3) is 9.18. The molecule has 9 nitrogen and oxygen atoms in total. The summed E-state index contributed by atoms with van der Waals surface area (Å²) in [7, 11) is 1.61. The Labute approximate surface area is 285 Å². The topological polar surface area (TPSA) is 112 Å². The van der Waals surface area contributed by atoms with E-state index in [4.69, 9.17) is 35.9 Å². The van der Waals surface area contributed by atoms with Gasteiger partial charge in [-0.1, -0.05) is 74.4 Å². The van der Waals surface area contributed by atoms with Crippen LogP contribution in [0, 0.1) is 11.7 Å². The van der Waals surface area contributed by atoms with Gasteiger partial charge in [-0.05, 0) is 68.0 Å². The molecular weight excluding hydrogens is 637 g/mol. The summed E-state index contributed by atoms with van der Waals surface area (Å²) in [6, 6.07) is 18.6. The quantitative estimate of drug-likeness (QED) is 0.165. The van der Waals surface area contributed by atoms with Gasteiger partial charge in [0, 0.05) is 12.1 Å². The number of halogens is 2. The van der Waals surface area contributed by atoms with E-state index in [1.807, 2.05) is 28.8 Å². The summed E-state index contributed by atoms with van der Waals surface area (Å²) in [5.41, 5.74) is 1.31. The monoisotopic (exact) mass is 679 g/mol. The number of benzene rings is 3. The van der Waals surface area contributed by atoms with Gasteiger partial charge in [0.1, 0.15) is 30.0 Å². The number of hydrogen-bond donors (Lipinski definition) is 2. The number of para-hydroxylation sites is 3. The van der Waals surface area contributed by atoms with Crippen molar-refractivity contribution in [2.45, 2.75) is 82.9 Å². The van der Waals surface area contributed by atoms with Crippen LogP contribution in [0.15, 0.2) is 66.7 Å². The summed E-state index contributed by atoms with van der Waals surface area (Å²) in [5.74, 6) is 1.14. The molecule has 2 aliphatic rings. The average molecular weight is 680 g/mol. The van der Waals surface area contributed by atoms with E-state index in [0.717, 1.165) is 56.9 Å². The lowest BCUT2D eigenvalue weighted by molar-refractivity contribution is -0.139. The number of aromatic nitrogens is 2. The van der Waals surface area contributed by atoms with Crippen LogP contribution >= 0.6 is 11.6 Å². The van der Waals surface area contributed by atoms with Gasteiger partial charge in [-0.15, -0.1) is 0 Å².